The number of thiophene rings is 1. The summed E-state index contributed by atoms with van der Waals surface area (Å²) in [5.74, 6) is 1.89. The summed E-state index contributed by atoms with van der Waals surface area (Å²) in [5, 5.41) is 16.3. The van der Waals surface area contributed by atoms with Gasteiger partial charge in [-0.05, 0) is 36.9 Å². The highest BCUT2D eigenvalue weighted by atomic mass is 35.5. The molecule has 7 nitrogen and oxygen atoms in total. The van der Waals surface area contributed by atoms with Crippen LogP contribution in [0.5, 0.6) is 0 Å². The van der Waals surface area contributed by atoms with Crippen LogP contribution in [0.1, 0.15) is 24.5 Å². The molecule has 3 aromatic heterocycles. The Bertz CT molecular complexity index is 1100. The van der Waals surface area contributed by atoms with Gasteiger partial charge in [-0.2, -0.15) is 4.98 Å². The van der Waals surface area contributed by atoms with Crippen molar-refractivity contribution in [3.8, 4) is 22.1 Å². The second-order valence-corrected chi connectivity index (χ2v) is 9.14. The monoisotopic (exact) mass is 461 g/mol. The van der Waals surface area contributed by atoms with Crippen LogP contribution < -0.4 is 0 Å². The highest BCUT2D eigenvalue weighted by molar-refractivity contribution is 7.99. The molecule has 0 aliphatic heterocycles. The average molecular weight is 462 g/mol. The lowest BCUT2D eigenvalue weighted by molar-refractivity contribution is 0.189. The maximum atomic E-state index is 6.41. The highest BCUT2D eigenvalue weighted by Gasteiger charge is 2.22. The first-order valence-electron chi connectivity index (χ1n) is 9.38. The number of halogens is 1. The summed E-state index contributed by atoms with van der Waals surface area (Å²) < 4.78 is 12.8. The molecule has 0 amide bonds. The van der Waals surface area contributed by atoms with Crippen LogP contribution in [0.25, 0.3) is 22.1 Å². The summed E-state index contributed by atoms with van der Waals surface area (Å²) in [6, 6.07) is 11.6. The summed E-state index contributed by atoms with van der Waals surface area (Å²) >= 11 is 9.51. The minimum atomic E-state index is -0.0873. The fraction of sp³-hybridized carbons (Fsp3) is 0.300. The number of rotatable bonds is 9. The number of methoxy groups -OCH3 is 1. The molecule has 1 atom stereocenters. The second kappa shape index (κ2) is 9.74. The zero-order valence-electron chi connectivity index (χ0n) is 16.5. The van der Waals surface area contributed by atoms with Gasteiger partial charge in [0.15, 0.2) is 11.0 Å². The van der Waals surface area contributed by atoms with Crippen molar-refractivity contribution in [3.63, 3.8) is 0 Å². The average Bonchev–Trinajstić information content (AvgIpc) is 3.50. The Labute approximate surface area is 187 Å². The minimum Gasteiger partial charge on any atom is -0.385 e. The molecule has 0 aliphatic rings. The van der Waals surface area contributed by atoms with Crippen molar-refractivity contribution in [3.05, 3.63) is 52.7 Å². The normalized spacial score (nSPS) is 12.4. The molecule has 0 N–H and O–H groups in total. The first-order valence-corrected chi connectivity index (χ1v) is 11.5. The molecule has 1 unspecified atom stereocenters. The third kappa shape index (κ3) is 4.59. The fourth-order valence-electron chi connectivity index (χ4n) is 2.90. The number of hydrogen-bond donors (Lipinski definition) is 0. The molecule has 0 spiro atoms. The summed E-state index contributed by atoms with van der Waals surface area (Å²) in [7, 11) is 1.69. The largest absolute Gasteiger partial charge is 0.385 e. The van der Waals surface area contributed by atoms with Gasteiger partial charge in [-0.15, -0.1) is 21.5 Å². The fourth-order valence-corrected chi connectivity index (χ4v) is 4.68. The van der Waals surface area contributed by atoms with Crippen LogP contribution in [0.4, 0.5) is 0 Å². The Hall–Kier alpha value is -2.20. The zero-order valence-corrected chi connectivity index (χ0v) is 18.9. The van der Waals surface area contributed by atoms with Crippen LogP contribution in [0.3, 0.4) is 0 Å². The van der Waals surface area contributed by atoms with E-state index in [4.69, 9.17) is 20.9 Å². The standard InChI is InChI=1S/C20H20ClN5O2S2/c1-13(19-22-17(25-28-19)16-9-5-12-29-16)30-20-24-23-18(26(20)10-6-11-27-2)14-7-3-4-8-15(14)21/h3-5,7-9,12-13H,6,10-11H2,1-2H3. The quantitative estimate of drug-likeness (QED) is 0.237. The van der Waals surface area contributed by atoms with Crippen LogP contribution in [-0.4, -0.2) is 38.6 Å². The van der Waals surface area contributed by atoms with Crippen molar-refractivity contribution in [2.45, 2.75) is 30.3 Å². The summed E-state index contributed by atoms with van der Waals surface area (Å²) in [5.41, 5.74) is 0.848. The van der Waals surface area contributed by atoms with Gasteiger partial charge in [0.2, 0.25) is 11.7 Å². The molecule has 156 valence electrons. The van der Waals surface area contributed by atoms with Gasteiger partial charge in [-0.1, -0.05) is 46.7 Å². The maximum absolute atomic E-state index is 6.41. The lowest BCUT2D eigenvalue weighted by atomic mass is 10.2. The molecular weight excluding hydrogens is 442 g/mol. The number of benzene rings is 1. The van der Waals surface area contributed by atoms with Gasteiger partial charge in [0.1, 0.15) is 0 Å². The maximum Gasteiger partial charge on any atom is 0.240 e. The molecule has 3 heterocycles. The van der Waals surface area contributed by atoms with Crippen molar-refractivity contribution in [2.24, 2.45) is 0 Å². The van der Waals surface area contributed by atoms with Crippen molar-refractivity contribution in [2.75, 3.05) is 13.7 Å². The van der Waals surface area contributed by atoms with Gasteiger partial charge in [0.25, 0.3) is 0 Å². The predicted molar refractivity (Wildman–Crippen MR) is 119 cm³/mol. The van der Waals surface area contributed by atoms with Crippen molar-refractivity contribution in [1.82, 2.24) is 24.9 Å². The Morgan fingerprint density at radius 2 is 2.10 bits per heavy atom. The van der Waals surface area contributed by atoms with Crippen LogP contribution >= 0.6 is 34.7 Å². The number of hydrogen-bond acceptors (Lipinski definition) is 8. The minimum absolute atomic E-state index is 0.0873. The smallest absolute Gasteiger partial charge is 0.240 e. The van der Waals surface area contributed by atoms with Crippen LogP contribution in [0, 0.1) is 0 Å². The Morgan fingerprint density at radius 1 is 1.23 bits per heavy atom. The van der Waals surface area contributed by atoms with E-state index in [1.165, 1.54) is 11.8 Å². The van der Waals surface area contributed by atoms with Gasteiger partial charge in [-0.25, -0.2) is 0 Å². The molecule has 0 bridgehead atoms. The molecule has 0 aliphatic carbocycles. The van der Waals surface area contributed by atoms with E-state index in [1.54, 1.807) is 18.4 Å². The number of nitrogens with zero attached hydrogens (tertiary/aromatic N) is 5. The lowest BCUT2D eigenvalue weighted by Crippen LogP contribution is -2.06. The summed E-state index contributed by atoms with van der Waals surface area (Å²) in [4.78, 5) is 5.52. The van der Waals surface area contributed by atoms with Crippen molar-refractivity contribution >= 4 is 34.7 Å². The van der Waals surface area contributed by atoms with Crippen LogP contribution in [-0.2, 0) is 11.3 Å². The van der Waals surface area contributed by atoms with E-state index in [2.05, 4.69) is 24.9 Å². The Morgan fingerprint density at radius 3 is 2.87 bits per heavy atom. The molecule has 0 fully saturated rings. The van der Waals surface area contributed by atoms with E-state index in [0.717, 1.165) is 27.8 Å². The third-order valence-corrected chi connectivity index (χ3v) is 6.64. The first kappa shape index (κ1) is 21.0. The van der Waals surface area contributed by atoms with E-state index in [1.807, 2.05) is 48.7 Å². The molecule has 4 aromatic rings. The van der Waals surface area contributed by atoms with Gasteiger partial charge in [0.05, 0.1) is 15.1 Å². The third-order valence-electron chi connectivity index (χ3n) is 4.38. The number of thioether (sulfide) groups is 1. The molecular formula is C20H20ClN5O2S2. The van der Waals surface area contributed by atoms with E-state index in [-0.39, 0.29) is 5.25 Å². The molecule has 0 saturated carbocycles. The van der Waals surface area contributed by atoms with Crippen molar-refractivity contribution in [1.29, 1.82) is 0 Å². The van der Waals surface area contributed by atoms with Crippen LogP contribution in [0.2, 0.25) is 5.02 Å². The predicted octanol–water partition coefficient (Wildman–Crippen LogP) is 5.60. The SMILES string of the molecule is COCCCn1c(SC(C)c2nc(-c3cccs3)no2)nnc1-c1ccccc1Cl. The van der Waals surface area contributed by atoms with Gasteiger partial charge in [0, 0.05) is 25.8 Å². The Kier molecular flexibility index (Phi) is 6.83. The van der Waals surface area contributed by atoms with Gasteiger partial charge < -0.3 is 13.8 Å². The molecule has 4 rings (SSSR count). The van der Waals surface area contributed by atoms with E-state index in [9.17, 15) is 0 Å². The lowest BCUT2D eigenvalue weighted by Gasteiger charge is -2.12. The highest BCUT2D eigenvalue weighted by Crippen LogP contribution is 2.37. The summed E-state index contributed by atoms with van der Waals surface area (Å²) in [6.45, 7) is 3.37. The second-order valence-electron chi connectivity index (χ2n) is 6.48. The zero-order chi connectivity index (χ0) is 20.9. The molecule has 0 saturated heterocycles. The van der Waals surface area contributed by atoms with E-state index < -0.39 is 0 Å². The van der Waals surface area contributed by atoms with Crippen LogP contribution in [0.15, 0.2) is 51.5 Å². The molecule has 1 aromatic carbocycles. The first-order chi connectivity index (χ1) is 14.7. The van der Waals surface area contributed by atoms with Gasteiger partial charge >= 0.3 is 0 Å². The Balaban J connectivity index is 1.59. The molecule has 0 radical (unpaired) electrons. The van der Waals surface area contributed by atoms with Crippen molar-refractivity contribution < 1.29 is 9.26 Å². The molecule has 10 heteroatoms. The van der Waals surface area contributed by atoms with Gasteiger partial charge in [-0.3, -0.25) is 0 Å². The number of aromatic nitrogens is 5. The topological polar surface area (TPSA) is 78.9 Å². The number of ether oxygens (including phenoxy) is 1. The van der Waals surface area contributed by atoms with E-state index in [0.29, 0.717) is 29.9 Å². The van der Waals surface area contributed by atoms with E-state index >= 15 is 0 Å². The summed E-state index contributed by atoms with van der Waals surface area (Å²) in [6.07, 6.45) is 0.830. The molecule has 30 heavy (non-hydrogen) atoms.